The molecule has 0 aromatic rings. The van der Waals surface area contributed by atoms with Gasteiger partial charge in [-0.15, -0.1) is 0 Å². The Kier molecular flexibility index (Phi) is 26.2. The van der Waals surface area contributed by atoms with Crippen LogP contribution in [0.2, 0.25) is 0 Å². The van der Waals surface area contributed by atoms with E-state index in [4.69, 9.17) is 20.4 Å². The zero-order valence-electron chi connectivity index (χ0n) is 16.5. The Morgan fingerprint density at radius 1 is 0.680 bits per heavy atom. The molecular formula is C19H40O6. The Balaban J connectivity index is -0.000000293. The van der Waals surface area contributed by atoms with Crippen LogP contribution in [-0.2, 0) is 9.59 Å². The SMILES string of the molecule is CC(O)CC(C)O.CCCCCCC(=O)O.CCCCCCC(=O)O. The molecule has 0 aromatic heterocycles. The average Bonchev–Trinajstić information content (AvgIpc) is 2.48. The summed E-state index contributed by atoms with van der Waals surface area (Å²) in [5.74, 6) is -1.35. The van der Waals surface area contributed by atoms with Crippen molar-refractivity contribution in [2.24, 2.45) is 0 Å². The van der Waals surface area contributed by atoms with Crippen LogP contribution in [0.4, 0.5) is 0 Å². The molecule has 0 bridgehead atoms. The molecule has 4 N–H and O–H groups in total. The molecule has 152 valence electrons. The number of unbranched alkanes of at least 4 members (excludes halogenated alkanes) is 6. The van der Waals surface area contributed by atoms with Gasteiger partial charge in [0, 0.05) is 12.8 Å². The highest BCUT2D eigenvalue weighted by Crippen LogP contribution is 2.02. The minimum atomic E-state index is -0.675. The van der Waals surface area contributed by atoms with Crippen molar-refractivity contribution in [1.29, 1.82) is 0 Å². The first-order valence-electron chi connectivity index (χ1n) is 9.46. The molecule has 0 fully saturated rings. The van der Waals surface area contributed by atoms with E-state index in [9.17, 15) is 9.59 Å². The molecule has 0 saturated carbocycles. The summed E-state index contributed by atoms with van der Waals surface area (Å²) in [6, 6.07) is 0. The Hall–Kier alpha value is -1.14. The molecule has 2 unspecified atom stereocenters. The summed E-state index contributed by atoms with van der Waals surface area (Å²) in [6.07, 6.45) is 8.83. The number of aliphatic carboxylic acids is 2. The molecule has 0 aliphatic heterocycles. The van der Waals surface area contributed by atoms with E-state index in [-0.39, 0.29) is 12.2 Å². The molecule has 0 spiro atoms. The van der Waals surface area contributed by atoms with E-state index in [2.05, 4.69) is 13.8 Å². The van der Waals surface area contributed by atoms with E-state index in [1.165, 1.54) is 12.8 Å². The van der Waals surface area contributed by atoms with Crippen molar-refractivity contribution >= 4 is 11.9 Å². The summed E-state index contributed by atoms with van der Waals surface area (Å²) in [5, 5.41) is 33.6. The highest BCUT2D eigenvalue weighted by atomic mass is 16.4. The van der Waals surface area contributed by atoms with Gasteiger partial charge in [-0.1, -0.05) is 52.4 Å². The topological polar surface area (TPSA) is 115 Å². The quantitative estimate of drug-likeness (QED) is 0.385. The number of rotatable bonds is 12. The number of carboxylic acids is 2. The number of aliphatic hydroxyl groups excluding tert-OH is 2. The smallest absolute Gasteiger partial charge is 0.303 e. The highest BCUT2D eigenvalue weighted by molar-refractivity contribution is 5.66. The molecule has 0 aliphatic carbocycles. The van der Waals surface area contributed by atoms with E-state index in [1.54, 1.807) is 13.8 Å². The normalized spacial score (nSPS) is 12.1. The van der Waals surface area contributed by atoms with Gasteiger partial charge in [0.1, 0.15) is 0 Å². The fourth-order valence-corrected chi connectivity index (χ4v) is 1.90. The second kappa shape index (κ2) is 22.9. The first kappa shape index (κ1) is 28.7. The van der Waals surface area contributed by atoms with Gasteiger partial charge in [-0.05, 0) is 33.1 Å². The van der Waals surface area contributed by atoms with Crippen molar-refractivity contribution < 1.29 is 30.0 Å². The molecule has 0 amide bonds. The van der Waals surface area contributed by atoms with Gasteiger partial charge in [0.25, 0.3) is 0 Å². The zero-order chi connectivity index (χ0) is 20.1. The Bertz CT molecular complexity index is 262. The lowest BCUT2D eigenvalue weighted by Gasteiger charge is -2.04. The maximum absolute atomic E-state index is 9.96. The minimum absolute atomic E-state index is 0.333. The molecule has 2 atom stereocenters. The van der Waals surface area contributed by atoms with Crippen LogP contribution in [0.3, 0.4) is 0 Å². The molecule has 0 heterocycles. The minimum Gasteiger partial charge on any atom is -0.481 e. The van der Waals surface area contributed by atoms with Gasteiger partial charge in [-0.3, -0.25) is 9.59 Å². The van der Waals surface area contributed by atoms with Crippen LogP contribution in [0, 0.1) is 0 Å². The van der Waals surface area contributed by atoms with Gasteiger partial charge in [0.05, 0.1) is 12.2 Å². The summed E-state index contributed by atoms with van der Waals surface area (Å²) in [7, 11) is 0. The van der Waals surface area contributed by atoms with E-state index in [0.717, 1.165) is 38.5 Å². The highest BCUT2D eigenvalue weighted by Gasteiger charge is 1.99. The predicted octanol–water partition coefficient (Wildman–Crippen LogP) is 4.22. The van der Waals surface area contributed by atoms with Crippen molar-refractivity contribution in [2.75, 3.05) is 0 Å². The van der Waals surface area contributed by atoms with Crippen LogP contribution < -0.4 is 0 Å². The summed E-state index contributed by atoms with van der Waals surface area (Å²) in [5.41, 5.74) is 0. The average molecular weight is 365 g/mol. The number of carbonyl (C=O) groups is 2. The van der Waals surface area contributed by atoms with Gasteiger partial charge in [-0.25, -0.2) is 0 Å². The molecule has 0 radical (unpaired) electrons. The number of hydrogen-bond acceptors (Lipinski definition) is 4. The summed E-state index contributed by atoms with van der Waals surface area (Å²) < 4.78 is 0. The molecule has 0 aliphatic rings. The molecule has 0 aromatic carbocycles. The summed E-state index contributed by atoms with van der Waals surface area (Å²) in [6.45, 7) is 7.54. The lowest BCUT2D eigenvalue weighted by molar-refractivity contribution is -0.138. The maximum Gasteiger partial charge on any atom is 0.303 e. The monoisotopic (exact) mass is 364 g/mol. The number of aliphatic hydroxyl groups is 2. The third-order valence-electron chi connectivity index (χ3n) is 3.17. The Morgan fingerprint density at radius 2 is 1.00 bits per heavy atom. The van der Waals surface area contributed by atoms with Gasteiger partial charge in [0.2, 0.25) is 0 Å². The van der Waals surface area contributed by atoms with Crippen LogP contribution >= 0.6 is 0 Å². The standard InChI is InChI=1S/2C7H14O2.C5H12O2/c2*1-2-3-4-5-6-7(8)9;1-4(6)3-5(2)7/h2*2-6H2,1H3,(H,8,9);4-7H,3H2,1-2H3. The first-order chi connectivity index (χ1) is 11.7. The third-order valence-corrected chi connectivity index (χ3v) is 3.17. The van der Waals surface area contributed by atoms with Crippen LogP contribution in [0.1, 0.15) is 98.3 Å². The zero-order valence-corrected chi connectivity index (χ0v) is 16.5. The fourth-order valence-electron chi connectivity index (χ4n) is 1.90. The maximum atomic E-state index is 9.96. The van der Waals surface area contributed by atoms with Gasteiger partial charge < -0.3 is 20.4 Å². The Morgan fingerprint density at radius 3 is 1.16 bits per heavy atom. The molecule has 6 heteroatoms. The lowest BCUT2D eigenvalue weighted by atomic mass is 10.2. The van der Waals surface area contributed by atoms with Gasteiger partial charge >= 0.3 is 11.9 Å². The van der Waals surface area contributed by atoms with E-state index >= 15 is 0 Å². The van der Waals surface area contributed by atoms with Crippen LogP contribution in [0.5, 0.6) is 0 Å². The molecular weight excluding hydrogens is 324 g/mol. The van der Waals surface area contributed by atoms with Crippen molar-refractivity contribution in [3.05, 3.63) is 0 Å². The van der Waals surface area contributed by atoms with Crippen LogP contribution in [-0.4, -0.2) is 44.6 Å². The molecule has 0 rings (SSSR count). The third kappa shape index (κ3) is 45.0. The van der Waals surface area contributed by atoms with E-state index in [1.807, 2.05) is 0 Å². The van der Waals surface area contributed by atoms with Crippen molar-refractivity contribution in [2.45, 2.75) is 111 Å². The molecule has 0 saturated heterocycles. The second-order valence-electron chi connectivity index (χ2n) is 6.34. The summed E-state index contributed by atoms with van der Waals surface area (Å²) >= 11 is 0. The van der Waals surface area contributed by atoms with Crippen molar-refractivity contribution in [1.82, 2.24) is 0 Å². The molecule has 25 heavy (non-hydrogen) atoms. The largest absolute Gasteiger partial charge is 0.481 e. The predicted molar refractivity (Wildman–Crippen MR) is 101 cm³/mol. The Labute approximate surface area is 153 Å². The van der Waals surface area contributed by atoms with E-state index < -0.39 is 11.9 Å². The molecule has 6 nitrogen and oxygen atoms in total. The van der Waals surface area contributed by atoms with Gasteiger partial charge in [0.15, 0.2) is 0 Å². The van der Waals surface area contributed by atoms with Crippen molar-refractivity contribution in [3.63, 3.8) is 0 Å². The van der Waals surface area contributed by atoms with Crippen molar-refractivity contribution in [3.8, 4) is 0 Å². The van der Waals surface area contributed by atoms with Gasteiger partial charge in [-0.2, -0.15) is 0 Å². The number of hydrogen-bond donors (Lipinski definition) is 4. The first-order valence-corrected chi connectivity index (χ1v) is 9.46. The lowest BCUT2D eigenvalue weighted by Crippen LogP contribution is -2.10. The second-order valence-corrected chi connectivity index (χ2v) is 6.34. The fraction of sp³-hybridized carbons (Fsp3) is 0.895. The van der Waals surface area contributed by atoms with Crippen LogP contribution in [0.15, 0.2) is 0 Å². The van der Waals surface area contributed by atoms with E-state index in [0.29, 0.717) is 19.3 Å². The summed E-state index contributed by atoms with van der Waals surface area (Å²) in [4.78, 5) is 19.9. The van der Waals surface area contributed by atoms with Crippen LogP contribution in [0.25, 0.3) is 0 Å². The number of carboxylic acid groups (broad SMARTS) is 2.